The molecule has 8 heteroatoms. The Morgan fingerprint density at radius 2 is 1.85 bits per heavy atom. The summed E-state index contributed by atoms with van der Waals surface area (Å²) in [5.41, 5.74) is -2.62. The summed E-state index contributed by atoms with van der Waals surface area (Å²) >= 11 is 0. The van der Waals surface area contributed by atoms with E-state index >= 15 is 0 Å². The molecule has 0 spiro atoms. The highest BCUT2D eigenvalue weighted by Gasteiger charge is 2.34. The highest BCUT2D eigenvalue weighted by molar-refractivity contribution is 5.93. The van der Waals surface area contributed by atoms with E-state index < -0.39 is 40.5 Å². The first-order valence-corrected chi connectivity index (χ1v) is 5.32. The first kappa shape index (κ1) is 15.8. The van der Waals surface area contributed by atoms with E-state index in [0.717, 1.165) is 26.0 Å². The van der Waals surface area contributed by atoms with Gasteiger partial charge in [-0.15, -0.1) is 10.2 Å². The Balaban J connectivity index is 3.24. The van der Waals surface area contributed by atoms with Gasteiger partial charge in [-0.1, -0.05) is 6.07 Å². The lowest BCUT2D eigenvalue weighted by Gasteiger charge is -2.08. The van der Waals surface area contributed by atoms with Crippen molar-refractivity contribution in [3.05, 3.63) is 41.0 Å². The molecule has 4 nitrogen and oxygen atoms in total. The predicted octanol–water partition coefficient (Wildman–Crippen LogP) is 4.31. The number of benzene rings is 1. The number of ketones is 1. The van der Waals surface area contributed by atoms with Crippen LogP contribution in [0.15, 0.2) is 39.9 Å². The lowest BCUT2D eigenvalue weighted by molar-refractivity contribution is -0.139. The molecule has 20 heavy (non-hydrogen) atoms. The molecule has 0 aliphatic heterocycles. The van der Waals surface area contributed by atoms with Crippen molar-refractivity contribution in [1.29, 1.82) is 0 Å². The average molecular weight is 290 g/mol. The number of allylic oxidation sites excluding steroid dienone is 2. The van der Waals surface area contributed by atoms with Crippen molar-refractivity contribution in [2.24, 2.45) is 10.2 Å². The van der Waals surface area contributed by atoms with Gasteiger partial charge in [0.15, 0.2) is 17.3 Å². The summed E-state index contributed by atoms with van der Waals surface area (Å²) in [6, 6.07) is 2.50. The molecular formula is C12H10F4N2O2. The SMILES string of the molecule is CC(=O)/C(N=Nc1cccc(C(F)(F)F)c1F)=C(/C)O. The van der Waals surface area contributed by atoms with Crippen LogP contribution in [0.3, 0.4) is 0 Å². The molecule has 0 fully saturated rings. The number of hydrogen-bond donors (Lipinski definition) is 1. The molecule has 0 saturated heterocycles. The van der Waals surface area contributed by atoms with Gasteiger partial charge in [0.1, 0.15) is 11.4 Å². The van der Waals surface area contributed by atoms with Crippen molar-refractivity contribution in [3.63, 3.8) is 0 Å². The maximum Gasteiger partial charge on any atom is 0.419 e. The van der Waals surface area contributed by atoms with Crippen molar-refractivity contribution in [2.45, 2.75) is 20.0 Å². The van der Waals surface area contributed by atoms with Crippen LogP contribution in [-0.2, 0) is 11.0 Å². The zero-order valence-electron chi connectivity index (χ0n) is 10.5. The number of nitrogens with zero attached hydrogens (tertiary/aromatic N) is 2. The Bertz CT molecular complexity index is 588. The number of carbonyl (C=O) groups is 1. The van der Waals surface area contributed by atoms with Crippen LogP contribution >= 0.6 is 0 Å². The number of Topliss-reactive ketones (excluding diaryl/α,β-unsaturated/α-hetero) is 1. The van der Waals surface area contributed by atoms with Crippen molar-refractivity contribution >= 4 is 11.5 Å². The highest BCUT2D eigenvalue weighted by atomic mass is 19.4. The standard InChI is InChI=1S/C12H10F4N2O2/c1-6(19)11(7(2)20)18-17-9-5-3-4-8(10(9)13)12(14,15)16/h3-5,19H,1-2H3/b11-6+,18-17?. The Morgan fingerprint density at radius 3 is 2.30 bits per heavy atom. The van der Waals surface area contributed by atoms with Crippen LogP contribution in [0.2, 0.25) is 0 Å². The molecule has 1 rings (SSSR count). The van der Waals surface area contributed by atoms with Gasteiger partial charge >= 0.3 is 6.18 Å². The van der Waals surface area contributed by atoms with Gasteiger partial charge in [0.2, 0.25) is 0 Å². The largest absolute Gasteiger partial charge is 0.510 e. The summed E-state index contributed by atoms with van der Waals surface area (Å²) in [6.07, 6.45) is -4.86. The number of carbonyl (C=O) groups excluding carboxylic acids is 1. The fraction of sp³-hybridized carbons (Fsp3) is 0.250. The number of halogens is 4. The van der Waals surface area contributed by atoms with Crippen LogP contribution in [-0.4, -0.2) is 10.9 Å². The molecule has 0 saturated carbocycles. The molecule has 108 valence electrons. The number of aliphatic hydroxyl groups excluding tert-OH is 1. The van der Waals surface area contributed by atoms with E-state index in [9.17, 15) is 22.4 Å². The summed E-state index contributed by atoms with van der Waals surface area (Å²) in [6.45, 7) is 2.23. The van der Waals surface area contributed by atoms with Crippen LogP contribution in [0.5, 0.6) is 0 Å². The Hall–Kier alpha value is -2.25. The van der Waals surface area contributed by atoms with Crippen LogP contribution in [0.4, 0.5) is 23.2 Å². The number of hydrogen-bond acceptors (Lipinski definition) is 4. The van der Waals surface area contributed by atoms with Crippen LogP contribution in [0, 0.1) is 5.82 Å². The van der Waals surface area contributed by atoms with Crippen molar-refractivity contribution in [3.8, 4) is 0 Å². The summed E-state index contributed by atoms with van der Waals surface area (Å²) in [4.78, 5) is 11.1. The van der Waals surface area contributed by atoms with E-state index in [-0.39, 0.29) is 0 Å². The minimum Gasteiger partial charge on any atom is -0.510 e. The van der Waals surface area contributed by atoms with E-state index in [1.165, 1.54) is 0 Å². The lowest BCUT2D eigenvalue weighted by Crippen LogP contribution is -2.07. The lowest BCUT2D eigenvalue weighted by atomic mass is 10.2. The van der Waals surface area contributed by atoms with Crippen LogP contribution < -0.4 is 0 Å². The molecule has 0 aliphatic carbocycles. The monoisotopic (exact) mass is 290 g/mol. The molecule has 0 heterocycles. The zero-order chi connectivity index (χ0) is 15.5. The molecule has 0 unspecified atom stereocenters. The van der Waals surface area contributed by atoms with E-state index in [0.29, 0.717) is 6.07 Å². The normalized spacial score (nSPS) is 13.5. The van der Waals surface area contributed by atoms with Crippen molar-refractivity contribution in [2.75, 3.05) is 0 Å². The van der Waals surface area contributed by atoms with Crippen molar-refractivity contribution in [1.82, 2.24) is 0 Å². The summed E-state index contributed by atoms with van der Waals surface area (Å²) in [5.74, 6) is -2.71. The van der Waals surface area contributed by atoms with Gasteiger partial charge in [-0.2, -0.15) is 13.2 Å². The second-order valence-corrected chi connectivity index (χ2v) is 3.83. The van der Waals surface area contributed by atoms with Gasteiger partial charge < -0.3 is 5.11 Å². The molecule has 0 aliphatic rings. The number of rotatable bonds is 3. The molecule has 0 radical (unpaired) electrons. The third-order valence-corrected chi connectivity index (χ3v) is 2.22. The predicted molar refractivity (Wildman–Crippen MR) is 61.9 cm³/mol. The third kappa shape index (κ3) is 3.62. The molecule has 0 atom stereocenters. The highest BCUT2D eigenvalue weighted by Crippen LogP contribution is 2.35. The number of azo groups is 1. The van der Waals surface area contributed by atoms with Gasteiger partial charge in [0.05, 0.1) is 5.56 Å². The first-order valence-electron chi connectivity index (χ1n) is 5.32. The Labute approximate surface area is 111 Å². The molecule has 0 bridgehead atoms. The zero-order valence-corrected chi connectivity index (χ0v) is 10.5. The Morgan fingerprint density at radius 1 is 1.25 bits per heavy atom. The summed E-state index contributed by atoms with van der Waals surface area (Å²) in [5, 5.41) is 15.7. The van der Waals surface area contributed by atoms with E-state index in [1.807, 2.05) is 0 Å². The molecule has 1 aromatic carbocycles. The Kier molecular flexibility index (Phi) is 4.59. The van der Waals surface area contributed by atoms with E-state index in [1.54, 1.807) is 0 Å². The average Bonchev–Trinajstić information content (AvgIpc) is 2.28. The van der Waals surface area contributed by atoms with E-state index in [4.69, 9.17) is 5.11 Å². The van der Waals surface area contributed by atoms with Gasteiger partial charge in [-0.05, 0) is 19.1 Å². The van der Waals surface area contributed by atoms with Crippen molar-refractivity contribution < 1.29 is 27.5 Å². The first-order chi connectivity index (χ1) is 9.14. The number of alkyl halides is 3. The van der Waals surface area contributed by atoms with Gasteiger partial charge in [0.25, 0.3) is 0 Å². The molecule has 1 aromatic rings. The van der Waals surface area contributed by atoms with Crippen LogP contribution in [0.1, 0.15) is 19.4 Å². The maximum absolute atomic E-state index is 13.6. The second-order valence-electron chi connectivity index (χ2n) is 3.83. The van der Waals surface area contributed by atoms with Gasteiger partial charge in [0, 0.05) is 6.92 Å². The maximum atomic E-state index is 13.6. The van der Waals surface area contributed by atoms with Crippen LogP contribution in [0.25, 0.3) is 0 Å². The molecule has 0 amide bonds. The summed E-state index contributed by atoms with van der Waals surface area (Å²) < 4.78 is 51.0. The van der Waals surface area contributed by atoms with Gasteiger partial charge in [-0.25, -0.2) is 4.39 Å². The molecule has 1 N–H and O–H groups in total. The fourth-order valence-corrected chi connectivity index (χ4v) is 1.32. The smallest absolute Gasteiger partial charge is 0.419 e. The van der Waals surface area contributed by atoms with Gasteiger partial charge in [-0.3, -0.25) is 4.79 Å². The second kappa shape index (κ2) is 5.81. The minimum atomic E-state index is -4.86. The molecule has 0 aromatic heterocycles. The van der Waals surface area contributed by atoms with E-state index in [2.05, 4.69) is 10.2 Å². The minimum absolute atomic E-state index is 0.457. The quantitative estimate of drug-likeness (QED) is 0.390. The summed E-state index contributed by atoms with van der Waals surface area (Å²) in [7, 11) is 0. The topological polar surface area (TPSA) is 62.0 Å². The molecular weight excluding hydrogens is 280 g/mol. The third-order valence-electron chi connectivity index (χ3n) is 2.22. The fourth-order valence-electron chi connectivity index (χ4n) is 1.32. The number of aliphatic hydroxyl groups is 1.